The van der Waals surface area contributed by atoms with E-state index in [1.807, 2.05) is 53.6 Å². The minimum Gasteiger partial charge on any atom is -0.493 e. The Hall–Kier alpha value is -3.14. The Balaban J connectivity index is 1.55. The fourth-order valence-electron chi connectivity index (χ4n) is 3.84. The third kappa shape index (κ3) is 3.91. The van der Waals surface area contributed by atoms with Crippen molar-refractivity contribution in [3.8, 4) is 5.75 Å². The van der Waals surface area contributed by atoms with Crippen LogP contribution in [0, 0.1) is 6.92 Å². The number of para-hydroxylation sites is 1. The molecule has 0 saturated heterocycles. The van der Waals surface area contributed by atoms with E-state index in [2.05, 4.69) is 30.1 Å². The highest BCUT2D eigenvalue weighted by Crippen LogP contribution is 2.35. The summed E-state index contributed by atoms with van der Waals surface area (Å²) in [6, 6.07) is 20.0. The number of benzene rings is 2. The number of hydrogen-bond donors (Lipinski definition) is 0. The molecule has 1 unspecified atom stereocenters. The first kappa shape index (κ1) is 18.2. The van der Waals surface area contributed by atoms with Gasteiger partial charge in [-0.15, -0.1) is 0 Å². The summed E-state index contributed by atoms with van der Waals surface area (Å²) in [5.74, 6) is 0.898. The molecule has 0 spiro atoms. The molecule has 3 aromatic rings. The number of fused-ring (bicyclic) bond motifs is 1. The highest BCUT2D eigenvalue weighted by atomic mass is 16.5. The van der Waals surface area contributed by atoms with Gasteiger partial charge in [-0.05, 0) is 48.2 Å². The second-order valence-electron chi connectivity index (χ2n) is 7.14. The SMILES string of the molecule is Cc1ccc2c(c1)CCN(C(=O)CCOc1ccccc1)C2c1cccnc1. The van der Waals surface area contributed by atoms with E-state index in [0.29, 0.717) is 19.6 Å². The zero-order valence-electron chi connectivity index (χ0n) is 16.0. The van der Waals surface area contributed by atoms with Crippen molar-refractivity contribution in [3.05, 3.63) is 95.3 Å². The van der Waals surface area contributed by atoms with E-state index in [4.69, 9.17) is 4.74 Å². The van der Waals surface area contributed by atoms with Gasteiger partial charge >= 0.3 is 0 Å². The summed E-state index contributed by atoms with van der Waals surface area (Å²) in [4.78, 5) is 19.3. The van der Waals surface area contributed by atoms with Gasteiger partial charge in [0.25, 0.3) is 0 Å². The van der Waals surface area contributed by atoms with Crippen LogP contribution in [-0.2, 0) is 11.2 Å². The Labute approximate surface area is 165 Å². The number of hydrogen-bond acceptors (Lipinski definition) is 3. The van der Waals surface area contributed by atoms with E-state index in [-0.39, 0.29) is 11.9 Å². The standard InChI is InChI=1S/C24H24N2O2/c1-18-9-10-22-19(16-18)11-14-26(24(22)20-6-5-13-25-17-20)23(27)12-15-28-21-7-3-2-4-8-21/h2-10,13,16-17,24H,11-12,14-15H2,1H3. The van der Waals surface area contributed by atoms with Gasteiger partial charge in [0, 0.05) is 18.9 Å². The second kappa shape index (κ2) is 8.26. The monoisotopic (exact) mass is 372 g/mol. The molecule has 1 atom stereocenters. The van der Waals surface area contributed by atoms with Gasteiger partial charge < -0.3 is 9.64 Å². The highest BCUT2D eigenvalue weighted by molar-refractivity contribution is 5.78. The zero-order chi connectivity index (χ0) is 19.3. The molecule has 1 amide bonds. The number of nitrogens with zero attached hydrogens (tertiary/aromatic N) is 2. The Morgan fingerprint density at radius 3 is 2.79 bits per heavy atom. The smallest absolute Gasteiger partial charge is 0.226 e. The molecule has 2 heterocycles. The van der Waals surface area contributed by atoms with Crippen molar-refractivity contribution < 1.29 is 9.53 Å². The molecule has 0 N–H and O–H groups in total. The predicted octanol–water partition coefficient (Wildman–Crippen LogP) is 4.33. The summed E-state index contributed by atoms with van der Waals surface area (Å²) in [6.07, 6.45) is 4.86. The van der Waals surface area contributed by atoms with Crippen molar-refractivity contribution in [1.29, 1.82) is 0 Å². The van der Waals surface area contributed by atoms with Crippen LogP contribution in [0.4, 0.5) is 0 Å². The maximum atomic E-state index is 13.1. The topological polar surface area (TPSA) is 42.4 Å². The van der Waals surface area contributed by atoms with Gasteiger partial charge in [-0.3, -0.25) is 9.78 Å². The number of aromatic nitrogens is 1. The van der Waals surface area contributed by atoms with Crippen LogP contribution in [0.15, 0.2) is 73.1 Å². The summed E-state index contributed by atoms with van der Waals surface area (Å²) in [5, 5.41) is 0. The molecule has 4 nitrogen and oxygen atoms in total. The fourth-order valence-corrected chi connectivity index (χ4v) is 3.84. The molecular formula is C24H24N2O2. The van der Waals surface area contributed by atoms with E-state index in [9.17, 15) is 4.79 Å². The lowest BCUT2D eigenvalue weighted by molar-refractivity contribution is -0.133. The lowest BCUT2D eigenvalue weighted by Gasteiger charge is -2.38. The lowest BCUT2D eigenvalue weighted by Crippen LogP contribution is -2.41. The number of ether oxygens (including phenoxy) is 1. The van der Waals surface area contributed by atoms with Crippen molar-refractivity contribution in [2.75, 3.05) is 13.2 Å². The molecule has 0 saturated carbocycles. The largest absolute Gasteiger partial charge is 0.493 e. The molecule has 4 heteroatoms. The molecule has 1 aliphatic rings. The number of carbonyl (C=O) groups is 1. The van der Waals surface area contributed by atoms with Crippen LogP contribution in [-0.4, -0.2) is 28.9 Å². The summed E-state index contributed by atoms with van der Waals surface area (Å²) < 4.78 is 5.73. The van der Waals surface area contributed by atoms with Gasteiger partial charge in [0.1, 0.15) is 5.75 Å². The molecule has 1 aromatic heterocycles. The fraction of sp³-hybridized carbons (Fsp3) is 0.250. The molecule has 4 rings (SSSR count). The summed E-state index contributed by atoms with van der Waals surface area (Å²) in [5.41, 5.74) is 4.81. The molecule has 0 radical (unpaired) electrons. The maximum absolute atomic E-state index is 13.1. The average Bonchev–Trinajstić information content (AvgIpc) is 2.74. The Morgan fingerprint density at radius 1 is 1.14 bits per heavy atom. The molecule has 0 aliphatic carbocycles. The molecule has 0 bridgehead atoms. The summed E-state index contributed by atoms with van der Waals surface area (Å²) in [7, 11) is 0. The van der Waals surface area contributed by atoms with E-state index in [1.54, 1.807) is 6.20 Å². The highest BCUT2D eigenvalue weighted by Gasteiger charge is 2.31. The third-order valence-corrected chi connectivity index (χ3v) is 5.18. The van der Waals surface area contributed by atoms with Crippen LogP contribution in [0.25, 0.3) is 0 Å². The minimum absolute atomic E-state index is 0.0951. The van der Waals surface area contributed by atoms with Crippen molar-refractivity contribution in [1.82, 2.24) is 9.88 Å². The van der Waals surface area contributed by atoms with Gasteiger partial charge in [-0.2, -0.15) is 0 Å². The first-order valence-corrected chi connectivity index (χ1v) is 9.69. The van der Waals surface area contributed by atoms with Gasteiger partial charge in [-0.25, -0.2) is 0 Å². The van der Waals surface area contributed by atoms with Gasteiger partial charge in [0.2, 0.25) is 5.91 Å². The predicted molar refractivity (Wildman–Crippen MR) is 109 cm³/mol. The number of amides is 1. The van der Waals surface area contributed by atoms with Crippen LogP contribution in [0.1, 0.15) is 34.7 Å². The summed E-state index contributed by atoms with van der Waals surface area (Å²) in [6.45, 7) is 3.19. The van der Waals surface area contributed by atoms with Crippen LogP contribution in [0.2, 0.25) is 0 Å². The van der Waals surface area contributed by atoms with Crippen LogP contribution >= 0.6 is 0 Å². The molecule has 0 fully saturated rings. The van der Waals surface area contributed by atoms with Crippen molar-refractivity contribution >= 4 is 5.91 Å². The second-order valence-corrected chi connectivity index (χ2v) is 7.14. The van der Waals surface area contributed by atoms with E-state index in [1.165, 1.54) is 16.7 Å². The Morgan fingerprint density at radius 2 is 2.00 bits per heavy atom. The number of carbonyl (C=O) groups excluding carboxylic acids is 1. The first-order chi connectivity index (χ1) is 13.7. The van der Waals surface area contributed by atoms with Gasteiger partial charge in [0.15, 0.2) is 0 Å². The quantitative estimate of drug-likeness (QED) is 0.669. The third-order valence-electron chi connectivity index (χ3n) is 5.18. The zero-order valence-corrected chi connectivity index (χ0v) is 16.0. The number of rotatable bonds is 5. The van der Waals surface area contributed by atoms with E-state index >= 15 is 0 Å². The lowest BCUT2D eigenvalue weighted by atomic mass is 9.87. The van der Waals surface area contributed by atoms with E-state index < -0.39 is 0 Å². The summed E-state index contributed by atoms with van der Waals surface area (Å²) >= 11 is 0. The van der Waals surface area contributed by atoms with Crippen molar-refractivity contribution in [3.63, 3.8) is 0 Å². The van der Waals surface area contributed by atoms with E-state index in [0.717, 1.165) is 17.7 Å². The van der Waals surface area contributed by atoms with Gasteiger partial charge in [-0.1, -0.05) is 48.0 Å². The molecule has 142 valence electrons. The minimum atomic E-state index is -0.0951. The molecule has 1 aliphatic heterocycles. The van der Waals surface area contributed by atoms with Crippen LogP contribution < -0.4 is 4.74 Å². The van der Waals surface area contributed by atoms with Crippen molar-refractivity contribution in [2.45, 2.75) is 25.8 Å². The van der Waals surface area contributed by atoms with Gasteiger partial charge in [0.05, 0.1) is 19.1 Å². The molecule has 2 aromatic carbocycles. The Kier molecular flexibility index (Phi) is 5.38. The van der Waals surface area contributed by atoms with Crippen LogP contribution in [0.5, 0.6) is 5.75 Å². The number of pyridine rings is 1. The molecular weight excluding hydrogens is 348 g/mol. The number of aryl methyl sites for hydroxylation is 1. The average molecular weight is 372 g/mol. The maximum Gasteiger partial charge on any atom is 0.226 e. The molecule has 28 heavy (non-hydrogen) atoms. The van der Waals surface area contributed by atoms with Crippen LogP contribution in [0.3, 0.4) is 0 Å². The van der Waals surface area contributed by atoms with Crippen molar-refractivity contribution in [2.24, 2.45) is 0 Å². The normalized spacial score (nSPS) is 15.8. The Bertz CT molecular complexity index is 941. The first-order valence-electron chi connectivity index (χ1n) is 9.69.